The van der Waals surface area contributed by atoms with Crippen LogP contribution >= 0.6 is 0 Å². The minimum atomic E-state index is -3.64. The first-order chi connectivity index (χ1) is 23.4. The van der Waals surface area contributed by atoms with Gasteiger partial charge in [-0.05, 0) is 59.1 Å². The fourth-order valence-electron chi connectivity index (χ4n) is 5.95. The van der Waals surface area contributed by atoms with Gasteiger partial charge in [0, 0.05) is 49.9 Å². The number of pyridine rings is 1. The Kier molecular flexibility index (Phi) is 11.1. The number of aliphatic hydroxyl groups excluding tert-OH is 1. The van der Waals surface area contributed by atoms with Gasteiger partial charge in [-0.25, -0.2) is 13.1 Å². The number of aliphatic hydroxyl groups is 1. The molecule has 3 atom stereocenters. The lowest BCUT2D eigenvalue weighted by Gasteiger charge is -2.38. The van der Waals surface area contributed by atoms with E-state index in [0.29, 0.717) is 6.42 Å². The van der Waals surface area contributed by atoms with E-state index in [4.69, 9.17) is 9.47 Å². The van der Waals surface area contributed by atoms with Gasteiger partial charge in [-0.15, -0.1) is 0 Å². The Morgan fingerprint density at radius 3 is 2.27 bits per heavy atom. The molecule has 1 fully saturated rings. The molecule has 1 aliphatic heterocycles. The van der Waals surface area contributed by atoms with Crippen molar-refractivity contribution in [1.82, 2.24) is 14.6 Å². The third-order valence-electron chi connectivity index (χ3n) is 8.62. The lowest BCUT2D eigenvalue weighted by Crippen LogP contribution is -2.38. The normalized spacial score (nSPS) is 18.2. The standard InChI is InChI=1S/C39H41N3O5S/c1-42(24-22-34-10-7-8-23-40-34)27-35-25-38(31-16-14-29(28-43)15-17-31)47-39(46-35)32-20-18-30(19-21-32)37-13-6-5-9-33(37)26-41-48(44,45)36-11-3-2-4-12-36/h2-21,23,35,38-39,41,43H,22,24-28H2,1H3. The molecule has 248 valence electrons. The van der Waals surface area contributed by atoms with E-state index in [2.05, 4.69) is 21.7 Å². The molecular weight excluding hydrogens is 623 g/mol. The average molecular weight is 664 g/mol. The molecule has 0 bridgehead atoms. The van der Waals surface area contributed by atoms with Crippen LogP contribution in [0.5, 0.6) is 0 Å². The van der Waals surface area contributed by atoms with Gasteiger partial charge in [0.05, 0.1) is 23.7 Å². The van der Waals surface area contributed by atoms with Crippen LogP contribution in [0.3, 0.4) is 0 Å². The van der Waals surface area contributed by atoms with Gasteiger partial charge in [-0.3, -0.25) is 4.98 Å². The molecule has 0 spiro atoms. The molecule has 1 aliphatic rings. The van der Waals surface area contributed by atoms with Crippen molar-refractivity contribution in [1.29, 1.82) is 0 Å². The van der Waals surface area contributed by atoms with Crippen LogP contribution in [-0.4, -0.2) is 49.6 Å². The Labute approximate surface area is 283 Å². The van der Waals surface area contributed by atoms with Crippen molar-refractivity contribution in [2.45, 2.75) is 49.4 Å². The molecular formula is C39H41N3O5S. The first kappa shape index (κ1) is 33.7. The number of ether oxygens (including phenoxy) is 2. The number of rotatable bonds is 13. The van der Waals surface area contributed by atoms with E-state index in [-0.39, 0.29) is 30.3 Å². The summed E-state index contributed by atoms with van der Waals surface area (Å²) in [5.74, 6) is 0. The van der Waals surface area contributed by atoms with Crippen molar-refractivity contribution in [3.8, 4) is 11.1 Å². The SMILES string of the molecule is CN(CCc1ccccn1)CC1CC(c2ccc(CO)cc2)OC(c2ccc(-c3ccccc3CNS(=O)(=O)c3ccccc3)cc2)O1. The predicted molar refractivity (Wildman–Crippen MR) is 186 cm³/mol. The molecule has 9 heteroatoms. The van der Waals surface area contributed by atoms with Crippen LogP contribution in [0, 0.1) is 0 Å². The number of hydrogen-bond acceptors (Lipinski definition) is 7. The van der Waals surface area contributed by atoms with Gasteiger partial charge < -0.3 is 19.5 Å². The number of hydrogen-bond donors (Lipinski definition) is 2. The maximum absolute atomic E-state index is 12.9. The zero-order valence-electron chi connectivity index (χ0n) is 27.0. The molecule has 2 heterocycles. The second-order valence-corrected chi connectivity index (χ2v) is 13.9. The Balaban J connectivity index is 1.18. The summed E-state index contributed by atoms with van der Waals surface area (Å²) in [5, 5.41) is 9.55. The number of likely N-dealkylation sites (N-methyl/N-ethyl adjacent to an activating group) is 1. The zero-order chi connectivity index (χ0) is 33.3. The molecule has 0 radical (unpaired) electrons. The number of sulfonamides is 1. The number of aromatic nitrogens is 1. The number of nitrogens with one attached hydrogen (secondary N) is 1. The average Bonchev–Trinajstić information content (AvgIpc) is 3.14. The lowest BCUT2D eigenvalue weighted by molar-refractivity contribution is -0.252. The first-order valence-corrected chi connectivity index (χ1v) is 17.7. The maximum atomic E-state index is 12.9. The molecule has 0 amide bonds. The highest BCUT2D eigenvalue weighted by Gasteiger charge is 2.33. The van der Waals surface area contributed by atoms with Crippen molar-refractivity contribution >= 4 is 10.0 Å². The Bertz CT molecular complexity index is 1850. The highest BCUT2D eigenvalue weighted by atomic mass is 32.2. The second kappa shape index (κ2) is 15.8. The summed E-state index contributed by atoms with van der Waals surface area (Å²) in [6, 6.07) is 38.2. The van der Waals surface area contributed by atoms with Crippen molar-refractivity contribution in [3.05, 3.63) is 155 Å². The predicted octanol–water partition coefficient (Wildman–Crippen LogP) is 6.44. The molecule has 4 aromatic carbocycles. The van der Waals surface area contributed by atoms with Crippen LogP contribution in [0.15, 0.2) is 132 Å². The van der Waals surface area contributed by atoms with Crippen LogP contribution in [0.25, 0.3) is 11.1 Å². The zero-order valence-corrected chi connectivity index (χ0v) is 27.8. The summed E-state index contributed by atoms with van der Waals surface area (Å²) in [7, 11) is -1.54. The lowest BCUT2D eigenvalue weighted by atomic mass is 9.97. The number of benzene rings is 4. The highest BCUT2D eigenvalue weighted by Crippen LogP contribution is 2.39. The Morgan fingerprint density at radius 2 is 1.54 bits per heavy atom. The molecule has 0 saturated carbocycles. The largest absolute Gasteiger partial charge is 0.392 e. The van der Waals surface area contributed by atoms with E-state index in [1.165, 1.54) is 0 Å². The highest BCUT2D eigenvalue weighted by molar-refractivity contribution is 7.89. The minimum absolute atomic E-state index is 0.00436. The van der Waals surface area contributed by atoms with Crippen LogP contribution in [-0.2, 0) is 39.1 Å². The summed E-state index contributed by atoms with van der Waals surface area (Å²) >= 11 is 0. The molecule has 5 aromatic rings. The Morgan fingerprint density at radius 1 is 0.833 bits per heavy atom. The summed E-state index contributed by atoms with van der Waals surface area (Å²) in [5.41, 5.74) is 6.65. The smallest absolute Gasteiger partial charge is 0.240 e. The van der Waals surface area contributed by atoms with E-state index in [1.807, 2.05) is 97.2 Å². The fraction of sp³-hybridized carbons (Fsp3) is 0.256. The summed E-state index contributed by atoms with van der Waals surface area (Å²) in [6.07, 6.45) is 2.56. The number of nitrogens with zero attached hydrogens (tertiary/aromatic N) is 2. The van der Waals surface area contributed by atoms with Gasteiger partial charge in [-0.2, -0.15) is 0 Å². The molecule has 8 nitrogen and oxygen atoms in total. The van der Waals surface area contributed by atoms with Crippen LogP contribution < -0.4 is 4.72 Å². The second-order valence-electron chi connectivity index (χ2n) is 12.1. The van der Waals surface area contributed by atoms with Crippen molar-refractivity contribution < 1.29 is 23.0 Å². The first-order valence-electron chi connectivity index (χ1n) is 16.2. The van der Waals surface area contributed by atoms with Gasteiger partial charge in [0.2, 0.25) is 10.0 Å². The van der Waals surface area contributed by atoms with E-state index >= 15 is 0 Å². The van der Waals surface area contributed by atoms with Gasteiger partial charge in [-0.1, -0.05) is 97.1 Å². The van der Waals surface area contributed by atoms with Crippen LogP contribution in [0.1, 0.15) is 46.8 Å². The van der Waals surface area contributed by atoms with Gasteiger partial charge >= 0.3 is 0 Å². The molecule has 6 rings (SSSR count). The van der Waals surface area contributed by atoms with Crippen LogP contribution in [0.2, 0.25) is 0 Å². The van der Waals surface area contributed by atoms with Crippen LogP contribution in [0.4, 0.5) is 0 Å². The molecule has 0 aliphatic carbocycles. The summed E-state index contributed by atoms with van der Waals surface area (Å²) in [6.45, 7) is 1.75. The Hall–Kier alpha value is -4.22. The minimum Gasteiger partial charge on any atom is -0.392 e. The maximum Gasteiger partial charge on any atom is 0.240 e. The molecule has 1 saturated heterocycles. The van der Waals surface area contributed by atoms with Gasteiger partial charge in [0.15, 0.2) is 6.29 Å². The van der Waals surface area contributed by atoms with E-state index in [9.17, 15) is 13.5 Å². The van der Waals surface area contributed by atoms with E-state index in [0.717, 1.165) is 58.6 Å². The summed E-state index contributed by atoms with van der Waals surface area (Å²) in [4.78, 5) is 6.97. The molecule has 3 unspecified atom stereocenters. The van der Waals surface area contributed by atoms with Crippen molar-refractivity contribution in [2.75, 3.05) is 20.1 Å². The fourth-order valence-corrected chi connectivity index (χ4v) is 6.98. The molecule has 1 aromatic heterocycles. The summed E-state index contributed by atoms with van der Waals surface area (Å²) < 4.78 is 41.6. The molecule has 48 heavy (non-hydrogen) atoms. The quantitative estimate of drug-likeness (QED) is 0.150. The third-order valence-corrected chi connectivity index (χ3v) is 10.0. The topological polar surface area (TPSA) is 101 Å². The monoisotopic (exact) mass is 663 g/mol. The van der Waals surface area contributed by atoms with Crippen molar-refractivity contribution in [2.24, 2.45) is 0 Å². The van der Waals surface area contributed by atoms with Gasteiger partial charge in [0.1, 0.15) is 0 Å². The third kappa shape index (κ3) is 8.62. The van der Waals surface area contributed by atoms with Crippen molar-refractivity contribution in [3.63, 3.8) is 0 Å². The van der Waals surface area contributed by atoms with E-state index in [1.54, 1.807) is 30.3 Å². The molecule has 2 N–H and O–H groups in total. The van der Waals surface area contributed by atoms with E-state index < -0.39 is 16.3 Å². The van der Waals surface area contributed by atoms with Gasteiger partial charge in [0.25, 0.3) is 0 Å².